The normalized spacial score (nSPS) is 11.2. The van der Waals surface area contributed by atoms with Crippen molar-refractivity contribution in [3.8, 4) is 17.2 Å². The average Bonchev–Trinajstić information content (AvgIpc) is 2.84. The van der Waals surface area contributed by atoms with Crippen molar-refractivity contribution in [1.29, 1.82) is 0 Å². The number of amides is 1. The van der Waals surface area contributed by atoms with Gasteiger partial charge in [-0.3, -0.25) is 4.79 Å². The van der Waals surface area contributed by atoms with Gasteiger partial charge in [-0.05, 0) is 65.2 Å². The summed E-state index contributed by atoms with van der Waals surface area (Å²) in [6.45, 7) is 0. The predicted molar refractivity (Wildman–Crippen MR) is 118 cm³/mol. The summed E-state index contributed by atoms with van der Waals surface area (Å²) in [4.78, 5) is 13.1. The number of hydrogen-bond donors (Lipinski definition) is 2. The maximum atomic E-state index is 13.1. The number of rotatable bonds is 8. The van der Waals surface area contributed by atoms with Gasteiger partial charge in [-0.1, -0.05) is 24.3 Å². The van der Waals surface area contributed by atoms with Gasteiger partial charge in [-0.15, -0.1) is 0 Å². The standard InChI is InChI=1S/C24H24N2O5/c1-29-20-10-4-17(5-11-20)16-25-26-23(27)24(28,18-6-12-21(30-2)13-7-18)19-8-14-22(31-3)15-9-19/h4-16,28H,1-3H3,(H,26,27). The molecule has 2 N–H and O–H groups in total. The van der Waals surface area contributed by atoms with Gasteiger partial charge in [0.2, 0.25) is 0 Å². The molecule has 0 heterocycles. The summed E-state index contributed by atoms with van der Waals surface area (Å²) in [5.41, 5.74) is 1.97. The third-order valence-electron chi connectivity index (χ3n) is 4.84. The third-order valence-corrected chi connectivity index (χ3v) is 4.84. The van der Waals surface area contributed by atoms with Crippen LogP contribution in [0.1, 0.15) is 16.7 Å². The number of nitrogens with zero attached hydrogens (tertiary/aromatic N) is 1. The Labute approximate surface area is 180 Å². The second-order valence-electron chi connectivity index (χ2n) is 6.64. The minimum Gasteiger partial charge on any atom is -0.497 e. The molecule has 0 spiro atoms. The number of hydrazone groups is 1. The fourth-order valence-corrected chi connectivity index (χ4v) is 3.03. The number of methoxy groups -OCH3 is 3. The highest BCUT2D eigenvalue weighted by atomic mass is 16.5. The summed E-state index contributed by atoms with van der Waals surface area (Å²) < 4.78 is 15.5. The molecule has 0 radical (unpaired) electrons. The Hall–Kier alpha value is -3.84. The van der Waals surface area contributed by atoms with Crippen LogP contribution in [0.5, 0.6) is 17.2 Å². The van der Waals surface area contributed by atoms with Gasteiger partial charge in [0, 0.05) is 0 Å². The van der Waals surface area contributed by atoms with Crippen LogP contribution in [0, 0.1) is 0 Å². The Morgan fingerprint density at radius 1 is 0.774 bits per heavy atom. The Kier molecular flexibility index (Phi) is 6.89. The van der Waals surface area contributed by atoms with E-state index in [1.165, 1.54) is 6.21 Å². The van der Waals surface area contributed by atoms with Crippen LogP contribution in [0.15, 0.2) is 77.9 Å². The lowest BCUT2D eigenvalue weighted by molar-refractivity contribution is -0.136. The monoisotopic (exact) mass is 420 g/mol. The fourth-order valence-electron chi connectivity index (χ4n) is 3.03. The highest BCUT2D eigenvalue weighted by Crippen LogP contribution is 2.32. The minimum absolute atomic E-state index is 0.371. The highest BCUT2D eigenvalue weighted by molar-refractivity contribution is 5.91. The first kappa shape index (κ1) is 21.9. The zero-order chi connectivity index (χ0) is 22.3. The molecule has 0 saturated heterocycles. The van der Waals surface area contributed by atoms with Gasteiger partial charge >= 0.3 is 0 Å². The quantitative estimate of drug-likeness (QED) is 0.432. The van der Waals surface area contributed by atoms with E-state index in [0.29, 0.717) is 22.6 Å². The van der Waals surface area contributed by atoms with Crippen molar-refractivity contribution in [2.45, 2.75) is 5.60 Å². The van der Waals surface area contributed by atoms with Crippen LogP contribution >= 0.6 is 0 Å². The molecule has 7 heteroatoms. The van der Waals surface area contributed by atoms with E-state index in [1.807, 2.05) is 0 Å². The number of ether oxygens (including phenoxy) is 3. The summed E-state index contributed by atoms with van der Waals surface area (Å²) in [6, 6.07) is 20.4. The molecule has 3 aromatic rings. The second-order valence-corrected chi connectivity index (χ2v) is 6.64. The average molecular weight is 420 g/mol. The maximum Gasteiger partial charge on any atom is 0.281 e. The first-order valence-electron chi connectivity index (χ1n) is 9.50. The number of aliphatic hydroxyl groups is 1. The molecule has 0 bridgehead atoms. The lowest BCUT2D eigenvalue weighted by Gasteiger charge is -2.27. The molecule has 0 aliphatic rings. The largest absolute Gasteiger partial charge is 0.497 e. The van der Waals surface area contributed by atoms with Crippen molar-refractivity contribution >= 4 is 12.1 Å². The lowest BCUT2D eigenvalue weighted by atomic mass is 9.85. The molecule has 3 rings (SSSR count). The van der Waals surface area contributed by atoms with Crippen molar-refractivity contribution in [2.24, 2.45) is 5.10 Å². The number of nitrogens with one attached hydrogen (secondary N) is 1. The summed E-state index contributed by atoms with van der Waals surface area (Å²) in [5.74, 6) is 1.24. The molecule has 0 aliphatic heterocycles. The SMILES string of the molecule is COc1ccc(C=NNC(=O)C(O)(c2ccc(OC)cc2)c2ccc(OC)cc2)cc1. The van der Waals surface area contributed by atoms with E-state index >= 15 is 0 Å². The van der Waals surface area contributed by atoms with Crippen molar-refractivity contribution < 1.29 is 24.1 Å². The molecule has 1 amide bonds. The summed E-state index contributed by atoms with van der Waals surface area (Å²) >= 11 is 0. The third kappa shape index (κ3) is 4.84. The van der Waals surface area contributed by atoms with Gasteiger partial charge in [-0.25, -0.2) is 5.43 Å². The summed E-state index contributed by atoms with van der Waals surface area (Å²) in [6.07, 6.45) is 1.49. The van der Waals surface area contributed by atoms with Gasteiger partial charge in [0.05, 0.1) is 27.5 Å². The van der Waals surface area contributed by atoms with Crippen LogP contribution in [0.4, 0.5) is 0 Å². The Bertz CT molecular complexity index is 982. The van der Waals surface area contributed by atoms with Crippen LogP contribution in [0.25, 0.3) is 0 Å². The van der Waals surface area contributed by atoms with Crippen LogP contribution in [-0.4, -0.2) is 38.6 Å². The molecule has 0 saturated carbocycles. The molecular formula is C24H24N2O5. The van der Waals surface area contributed by atoms with Gasteiger partial charge in [0.15, 0.2) is 5.60 Å². The van der Waals surface area contributed by atoms with E-state index in [-0.39, 0.29) is 0 Å². The first-order valence-corrected chi connectivity index (χ1v) is 9.50. The fraction of sp³-hybridized carbons (Fsp3) is 0.167. The number of hydrogen-bond acceptors (Lipinski definition) is 6. The first-order chi connectivity index (χ1) is 15.0. The van der Waals surface area contributed by atoms with Gasteiger partial charge in [0.1, 0.15) is 17.2 Å². The van der Waals surface area contributed by atoms with E-state index in [1.54, 1.807) is 94.1 Å². The van der Waals surface area contributed by atoms with Crippen molar-refractivity contribution in [1.82, 2.24) is 5.43 Å². The number of carbonyl (C=O) groups is 1. The smallest absolute Gasteiger partial charge is 0.281 e. The van der Waals surface area contributed by atoms with E-state index < -0.39 is 11.5 Å². The van der Waals surface area contributed by atoms with Gasteiger partial charge < -0.3 is 19.3 Å². The van der Waals surface area contributed by atoms with Gasteiger partial charge in [0.25, 0.3) is 5.91 Å². The van der Waals surface area contributed by atoms with E-state index in [0.717, 1.165) is 11.3 Å². The zero-order valence-electron chi connectivity index (χ0n) is 17.5. The zero-order valence-corrected chi connectivity index (χ0v) is 17.5. The Morgan fingerprint density at radius 2 is 1.16 bits per heavy atom. The Balaban J connectivity index is 1.90. The highest BCUT2D eigenvalue weighted by Gasteiger charge is 2.40. The molecule has 0 atom stereocenters. The van der Waals surface area contributed by atoms with Crippen LogP contribution in [0.2, 0.25) is 0 Å². The van der Waals surface area contributed by atoms with E-state index in [4.69, 9.17) is 14.2 Å². The summed E-state index contributed by atoms with van der Waals surface area (Å²) in [5, 5.41) is 15.5. The molecule has 0 unspecified atom stereocenters. The number of carbonyl (C=O) groups excluding carboxylic acids is 1. The number of benzene rings is 3. The molecule has 0 fully saturated rings. The van der Waals surface area contributed by atoms with Gasteiger partial charge in [-0.2, -0.15) is 5.10 Å². The molecule has 0 aromatic heterocycles. The molecular weight excluding hydrogens is 396 g/mol. The predicted octanol–water partition coefficient (Wildman–Crippen LogP) is 3.10. The van der Waals surface area contributed by atoms with Crippen molar-refractivity contribution in [3.05, 3.63) is 89.5 Å². The summed E-state index contributed by atoms with van der Waals surface area (Å²) in [7, 11) is 4.68. The molecule has 7 nitrogen and oxygen atoms in total. The van der Waals surface area contributed by atoms with Crippen molar-refractivity contribution in [3.63, 3.8) is 0 Å². The Morgan fingerprint density at radius 3 is 1.55 bits per heavy atom. The maximum absolute atomic E-state index is 13.1. The topological polar surface area (TPSA) is 89.4 Å². The second kappa shape index (κ2) is 9.77. The van der Waals surface area contributed by atoms with Crippen LogP contribution in [0.3, 0.4) is 0 Å². The lowest BCUT2D eigenvalue weighted by Crippen LogP contribution is -2.43. The van der Waals surface area contributed by atoms with Crippen LogP contribution in [-0.2, 0) is 10.4 Å². The molecule has 31 heavy (non-hydrogen) atoms. The minimum atomic E-state index is -1.98. The molecule has 160 valence electrons. The molecule has 0 aliphatic carbocycles. The van der Waals surface area contributed by atoms with E-state index in [2.05, 4.69) is 10.5 Å². The molecule has 3 aromatic carbocycles. The van der Waals surface area contributed by atoms with Crippen molar-refractivity contribution in [2.75, 3.05) is 21.3 Å². The van der Waals surface area contributed by atoms with Crippen LogP contribution < -0.4 is 19.6 Å². The van der Waals surface area contributed by atoms with E-state index in [9.17, 15) is 9.90 Å².